The summed E-state index contributed by atoms with van der Waals surface area (Å²) in [7, 11) is 2.76. The summed E-state index contributed by atoms with van der Waals surface area (Å²) < 4.78 is 81.8. The Balaban J connectivity index is 0.753. The number of aromatic nitrogens is 2. The first-order chi connectivity index (χ1) is 46.7. The lowest BCUT2D eigenvalue weighted by Gasteiger charge is -2.59. The van der Waals surface area contributed by atoms with Crippen LogP contribution < -0.4 is 41.8 Å². The van der Waals surface area contributed by atoms with Gasteiger partial charge in [-0.15, -0.1) is 0 Å². The summed E-state index contributed by atoms with van der Waals surface area (Å²) in [5, 5.41) is 24.9. The van der Waals surface area contributed by atoms with Gasteiger partial charge in [0.05, 0.1) is 68.4 Å². The predicted molar refractivity (Wildman–Crippen MR) is 350 cm³/mol. The Morgan fingerprint density at radius 2 is 1.19 bits per heavy atom. The molecule has 0 amide bonds. The van der Waals surface area contributed by atoms with E-state index in [0.717, 1.165) is 24.1 Å². The Labute approximate surface area is 561 Å². The van der Waals surface area contributed by atoms with Crippen molar-refractivity contribution >= 4 is 56.7 Å². The van der Waals surface area contributed by atoms with Crippen LogP contribution in [0.2, 0.25) is 0 Å². The maximum absolute atomic E-state index is 16.9. The summed E-state index contributed by atoms with van der Waals surface area (Å²) in [5.74, 6) is -6.73. The zero-order valence-electron chi connectivity index (χ0n) is 56.1. The number of benzene rings is 2. The number of rotatable bonds is 19. The van der Waals surface area contributed by atoms with E-state index in [9.17, 15) is 43.8 Å². The summed E-state index contributed by atoms with van der Waals surface area (Å²) in [6.45, 7) is 12.3. The van der Waals surface area contributed by atoms with Crippen LogP contribution in [0.5, 0.6) is 11.5 Å². The van der Waals surface area contributed by atoms with Crippen molar-refractivity contribution in [1.29, 1.82) is 0 Å². The molecule has 8 aliphatic rings. The third-order valence-corrected chi connectivity index (χ3v) is 23.0. The molecule has 9 atom stereocenters. The molecular weight excluding hydrogens is 1270 g/mol. The molecule has 521 valence electrons. The van der Waals surface area contributed by atoms with Crippen molar-refractivity contribution in [2.45, 2.75) is 148 Å². The molecule has 6 aliphatic carbocycles. The van der Waals surface area contributed by atoms with E-state index in [1.807, 2.05) is 36.6 Å². The lowest BCUT2D eigenvalue weighted by Crippen LogP contribution is -2.61. The minimum absolute atomic E-state index is 0.00217. The van der Waals surface area contributed by atoms with Crippen molar-refractivity contribution in [1.82, 2.24) is 18.9 Å². The van der Waals surface area contributed by atoms with E-state index in [2.05, 4.69) is 9.80 Å². The number of esters is 2. The Kier molecular flexibility index (Phi) is 17.1. The maximum atomic E-state index is 16.9. The number of hydrogen-bond donors (Lipinski definition) is 2. The SMILES string of the molecule is COc1c(N2CCN(Cc3oc(=O)oc3C)C(C)C2)c(F)cc2c(=O)c(C(=O)OCC([CH]C(=O)[C@]3(O)CC[C@@H]4[C@H]5CCC6=CC(=O)C=C[C@@]6(C)C5[C@H](O)C[C@]43C)COC(=O)c3cn(C4CC4)c4c(OC)c(N5CCN(Cc6oc(=O)oc6C)C(C)C5)c(F)cc4c3=O)cn(C3CC3)c12. The van der Waals surface area contributed by atoms with Gasteiger partial charge in [-0.2, -0.15) is 0 Å². The standard InChI is InChI=1S/C72H81F2N6O18/c1-36-28-77(21-19-75(36)32-54-38(3)95-68(88)97-54)60-51(73)25-46-58(64(60)91-7)79(42-10-11-42)30-48(62(46)84)66(86)93-34-40(23-56(83)72(90)18-16-50-45-14-9-41-24-44(81)15-17-70(41,5)57(45)53(82)27-71(50,72)6)35-94-67(87)49-31-80(43-12-13-43)59-47(63(49)85)26-52(74)61(65(59)92-8)78-22-20-76(37(2)29-78)33-55-39(4)96-69(89)98-55/h15,17,23-26,30-31,36-37,40,42-43,45,50,53,57,82,90H,9-14,16,18-22,27-29,32-35H2,1-8H3/t36?,37?,40?,45-,50-,53-,57?,70-,71-,72-/m1/s1. The monoisotopic (exact) mass is 1360 g/mol. The number of carbonyl (C=O) groups excluding carboxylic acids is 4. The lowest BCUT2D eigenvalue weighted by molar-refractivity contribution is -0.174. The number of nitrogens with zero attached hydrogens (tertiary/aromatic N) is 6. The highest BCUT2D eigenvalue weighted by Gasteiger charge is 2.68. The number of allylic oxidation sites excluding steroid dienone is 4. The van der Waals surface area contributed by atoms with Gasteiger partial charge in [-0.25, -0.2) is 28.0 Å². The number of aryl methyl sites for hydroxylation is 2. The molecular formula is C72H81F2N6O18. The molecule has 98 heavy (non-hydrogen) atoms. The molecule has 6 aromatic rings. The van der Waals surface area contributed by atoms with Crippen LogP contribution >= 0.6 is 0 Å². The molecule has 24 nitrogen and oxygen atoms in total. The first kappa shape index (κ1) is 66.8. The molecule has 5 saturated carbocycles. The van der Waals surface area contributed by atoms with E-state index in [4.69, 9.17) is 36.6 Å². The van der Waals surface area contributed by atoms with Crippen molar-refractivity contribution in [3.63, 3.8) is 0 Å². The molecule has 14 rings (SSSR count). The van der Waals surface area contributed by atoms with Crippen molar-refractivity contribution in [3.05, 3.63) is 142 Å². The number of hydrogen-bond acceptors (Lipinski definition) is 22. The Morgan fingerprint density at radius 1 is 0.704 bits per heavy atom. The highest BCUT2D eigenvalue weighted by Crippen LogP contribution is 2.67. The largest absolute Gasteiger partial charge is 0.519 e. The summed E-state index contributed by atoms with van der Waals surface area (Å²) in [4.78, 5) is 118. The molecule has 2 N–H and O–H groups in total. The Morgan fingerprint density at radius 3 is 1.63 bits per heavy atom. The summed E-state index contributed by atoms with van der Waals surface area (Å²) in [6, 6.07) is 1.38. The topological polar surface area (TPSA) is 289 Å². The highest BCUT2D eigenvalue weighted by molar-refractivity contribution is 6.02. The van der Waals surface area contributed by atoms with Crippen LogP contribution in [0.15, 0.2) is 85.2 Å². The average molecular weight is 1360 g/mol. The number of fused-ring (bicyclic) bond motifs is 7. The van der Waals surface area contributed by atoms with Crippen LogP contribution in [-0.2, 0) is 32.2 Å². The molecule has 1 radical (unpaired) electrons. The normalized spacial score (nSPS) is 27.6. The van der Waals surface area contributed by atoms with Crippen LogP contribution in [0.3, 0.4) is 0 Å². The second-order valence-corrected chi connectivity index (χ2v) is 28.8. The zero-order chi connectivity index (χ0) is 69.3. The number of pyridine rings is 2. The molecule has 2 aliphatic heterocycles. The number of aliphatic hydroxyl groups excluding tert-OH is 1. The predicted octanol–water partition coefficient (Wildman–Crippen LogP) is 7.83. The van der Waals surface area contributed by atoms with Crippen molar-refractivity contribution < 1.29 is 74.8 Å². The van der Waals surface area contributed by atoms with E-state index in [1.54, 1.807) is 36.0 Å². The van der Waals surface area contributed by atoms with Gasteiger partial charge in [0.15, 0.2) is 46.2 Å². The van der Waals surface area contributed by atoms with Crippen molar-refractivity contribution in [2.75, 3.05) is 76.5 Å². The number of methoxy groups -OCH3 is 2. The molecule has 0 bridgehead atoms. The van der Waals surface area contributed by atoms with Crippen LogP contribution in [-0.4, -0.2) is 143 Å². The van der Waals surface area contributed by atoms with Crippen LogP contribution in [0.1, 0.15) is 141 Å². The van der Waals surface area contributed by atoms with Gasteiger partial charge in [-0.1, -0.05) is 25.5 Å². The van der Waals surface area contributed by atoms with Crippen molar-refractivity contribution in [3.8, 4) is 11.5 Å². The smallest absolute Gasteiger partial charge is 0.492 e. The van der Waals surface area contributed by atoms with Crippen molar-refractivity contribution in [2.24, 2.45) is 34.5 Å². The van der Waals surface area contributed by atoms with Crippen LogP contribution in [0, 0.1) is 66.4 Å². The van der Waals surface area contributed by atoms with E-state index < -0.39 is 105 Å². The minimum atomic E-state index is -2.09. The Hall–Kier alpha value is -8.46. The van der Waals surface area contributed by atoms with Gasteiger partial charge in [0.2, 0.25) is 10.9 Å². The fourth-order valence-electron chi connectivity index (χ4n) is 17.5. The molecule has 7 fully saturated rings. The van der Waals surface area contributed by atoms with Gasteiger partial charge in [0.25, 0.3) is 0 Å². The maximum Gasteiger partial charge on any atom is 0.519 e. The van der Waals surface area contributed by atoms with Gasteiger partial charge in [0.1, 0.15) is 39.6 Å². The number of aliphatic hydroxyl groups is 2. The molecule has 2 saturated heterocycles. The summed E-state index contributed by atoms with van der Waals surface area (Å²) in [6.07, 6.45) is 12.2. The molecule has 3 unspecified atom stereocenters. The second-order valence-electron chi connectivity index (χ2n) is 28.8. The number of carbonyl (C=O) groups is 4. The molecule has 6 heterocycles. The Bertz CT molecular complexity index is 4370. The summed E-state index contributed by atoms with van der Waals surface area (Å²) in [5.41, 5.74) is -4.88. The number of ketones is 2. The molecule has 0 spiro atoms. The van der Waals surface area contributed by atoms with Gasteiger partial charge in [-0.05, 0) is 122 Å². The van der Waals surface area contributed by atoms with Gasteiger partial charge >= 0.3 is 23.6 Å². The lowest BCUT2D eigenvalue weighted by atomic mass is 9.46. The van der Waals surface area contributed by atoms with Gasteiger partial charge < -0.3 is 65.8 Å². The quantitative estimate of drug-likeness (QED) is 0.0730. The van der Waals surface area contributed by atoms with E-state index >= 15 is 13.6 Å². The number of halogens is 2. The number of ether oxygens (including phenoxy) is 4. The van der Waals surface area contributed by atoms with E-state index in [-0.39, 0.29) is 118 Å². The first-order valence-electron chi connectivity index (χ1n) is 33.9. The summed E-state index contributed by atoms with van der Waals surface area (Å²) >= 11 is 0. The molecule has 26 heteroatoms. The number of piperazine rings is 2. The third kappa shape index (κ3) is 11.3. The van der Waals surface area contributed by atoms with Crippen LogP contribution in [0.4, 0.5) is 20.2 Å². The number of anilines is 2. The third-order valence-electron chi connectivity index (χ3n) is 23.0. The highest BCUT2D eigenvalue weighted by atomic mass is 19.1. The van der Waals surface area contributed by atoms with E-state index in [1.165, 1.54) is 32.7 Å². The first-order valence-corrected chi connectivity index (χ1v) is 33.9. The fraction of sp³-hybridized carbons (Fsp3) is 0.542. The van der Waals surface area contributed by atoms with Gasteiger partial charge in [-0.3, -0.25) is 29.0 Å². The number of Topliss-reactive ketones (excluding diaryl/α,β-unsaturated/α-hetero) is 1. The minimum Gasteiger partial charge on any atom is -0.492 e. The van der Waals surface area contributed by atoms with Crippen LogP contribution in [0.25, 0.3) is 21.8 Å². The van der Waals surface area contributed by atoms with Gasteiger partial charge in [0, 0.05) is 105 Å². The zero-order valence-corrected chi connectivity index (χ0v) is 56.1. The molecule has 2 aromatic carbocycles. The van der Waals surface area contributed by atoms with E-state index in [0.29, 0.717) is 107 Å². The fourth-order valence-corrected chi connectivity index (χ4v) is 17.5. The average Bonchev–Trinajstić information content (AvgIpc) is 1.40. The second kappa shape index (κ2) is 25.1. The molecule has 4 aromatic heterocycles.